The number of nitrogens with one attached hydrogen (secondary N) is 1. The topological polar surface area (TPSA) is 49.2 Å². The molecule has 2 aliphatic carbocycles. The van der Waals surface area contributed by atoms with Crippen molar-refractivity contribution in [1.29, 1.82) is 0 Å². The highest BCUT2D eigenvalue weighted by Crippen LogP contribution is 2.31. The first-order valence-corrected chi connectivity index (χ1v) is 9.82. The van der Waals surface area contributed by atoms with Crippen molar-refractivity contribution in [3.05, 3.63) is 46.7 Å². The van der Waals surface area contributed by atoms with Crippen molar-refractivity contribution in [3.63, 3.8) is 0 Å². The predicted octanol–water partition coefficient (Wildman–Crippen LogP) is 3.60. The van der Waals surface area contributed by atoms with Crippen molar-refractivity contribution in [2.75, 3.05) is 0 Å². The van der Waals surface area contributed by atoms with E-state index in [2.05, 4.69) is 12.2 Å². The SMILES string of the molecule is CC1=C[CH-]C(=C2[C-](C)[N+](C(=O)N[C@@H]3CCCC[C@H]3C)=CS2=O)C=C1. The van der Waals surface area contributed by atoms with Gasteiger partial charge in [-0.3, -0.25) is 18.9 Å². The molecule has 0 aromatic heterocycles. The molecule has 1 heterocycles. The molecule has 2 amide bonds. The third-order valence-electron chi connectivity index (χ3n) is 5.05. The maximum absolute atomic E-state index is 12.7. The van der Waals surface area contributed by atoms with Gasteiger partial charge in [-0.05, 0) is 38.1 Å². The van der Waals surface area contributed by atoms with E-state index in [-0.39, 0.29) is 12.1 Å². The Morgan fingerprint density at radius 1 is 1.38 bits per heavy atom. The fourth-order valence-electron chi connectivity index (χ4n) is 3.47. The average Bonchev–Trinajstić information content (AvgIpc) is 2.85. The van der Waals surface area contributed by atoms with Gasteiger partial charge >= 0.3 is 6.03 Å². The maximum atomic E-state index is 12.7. The highest BCUT2D eigenvalue weighted by Gasteiger charge is 2.30. The van der Waals surface area contributed by atoms with Crippen LogP contribution in [0.4, 0.5) is 4.79 Å². The molecule has 1 saturated carbocycles. The van der Waals surface area contributed by atoms with Gasteiger partial charge in [-0.2, -0.15) is 24.6 Å². The number of allylic oxidation sites excluding steroid dienone is 5. The number of hydrogen-bond acceptors (Lipinski definition) is 2. The van der Waals surface area contributed by atoms with Crippen LogP contribution in [0.5, 0.6) is 0 Å². The number of rotatable bonds is 1. The molecule has 130 valence electrons. The molecule has 0 radical (unpaired) electrons. The van der Waals surface area contributed by atoms with E-state index >= 15 is 0 Å². The monoisotopic (exact) mass is 345 g/mol. The molecule has 4 nitrogen and oxygen atoms in total. The Hall–Kier alpha value is -1.75. The van der Waals surface area contributed by atoms with E-state index in [1.165, 1.54) is 16.5 Å². The van der Waals surface area contributed by atoms with E-state index in [0.29, 0.717) is 5.92 Å². The van der Waals surface area contributed by atoms with Gasteiger partial charge in [0.1, 0.15) is 0 Å². The van der Waals surface area contributed by atoms with E-state index < -0.39 is 10.8 Å². The molecular formula is C19H25N2O2S-. The number of amides is 2. The molecule has 24 heavy (non-hydrogen) atoms. The molecule has 0 bridgehead atoms. The Morgan fingerprint density at radius 3 is 2.79 bits per heavy atom. The third-order valence-corrected chi connectivity index (χ3v) is 6.38. The molecule has 3 atom stereocenters. The van der Waals surface area contributed by atoms with Crippen LogP contribution in [0, 0.1) is 18.4 Å². The average molecular weight is 345 g/mol. The fourth-order valence-corrected chi connectivity index (χ4v) is 4.78. The van der Waals surface area contributed by atoms with Gasteiger partial charge in [0.2, 0.25) is 0 Å². The molecule has 3 aliphatic rings. The van der Waals surface area contributed by atoms with E-state index in [1.54, 1.807) is 0 Å². The van der Waals surface area contributed by atoms with E-state index in [1.807, 2.05) is 38.5 Å². The van der Waals surface area contributed by atoms with Crippen molar-refractivity contribution in [1.82, 2.24) is 5.32 Å². The molecule has 1 N–H and O–H groups in total. The number of carbonyl (C=O) groups excluding carboxylic acids is 1. The van der Waals surface area contributed by atoms with Crippen LogP contribution in [0.15, 0.2) is 34.3 Å². The highest BCUT2D eigenvalue weighted by molar-refractivity contribution is 8.02. The van der Waals surface area contributed by atoms with Crippen LogP contribution in [-0.2, 0) is 10.8 Å². The van der Waals surface area contributed by atoms with Crippen molar-refractivity contribution >= 4 is 22.4 Å². The van der Waals surface area contributed by atoms with Crippen LogP contribution >= 0.6 is 0 Å². The lowest BCUT2D eigenvalue weighted by atomic mass is 9.86. The minimum atomic E-state index is -1.29. The molecule has 5 heteroatoms. The van der Waals surface area contributed by atoms with Crippen LogP contribution in [0.3, 0.4) is 0 Å². The summed E-state index contributed by atoms with van der Waals surface area (Å²) >= 11 is 0. The minimum Gasteiger partial charge on any atom is -0.288 e. The molecule has 0 saturated heterocycles. The van der Waals surface area contributed by atoms with Crippen molar-refractivity contribution in [2.45, 2.75) is 52.5 Å². The van der Waals surface area contributed by atoms with Gasteiger partial charge in [0, 0.05) is 10.8 Å². The lowest BCUT2D eigenvalue weighted by Gasteiger charge is -2.28. The van der Waals surface area contributed by atoms with Crippen LogP contribution in [0.25, 0.3) is 0 Å². The lowest BCUT2D eigenvalue weighted by Crippen LogP contribution is -2.44. The minimum absolute atomic E-state index is 0.165. The summed E-state index contributed by atoms with van der Waals surface area (Å²) in [5, 5.41) is 3.13. The van der Waals surface area contributed by atoms with Gasteiger partial charge in [-0.1, -0.05) is 25.2 Å². The smallest absolute Gasteiger partial charge is 0.288 e. The van der Waals surface area contributed by atoms with Crippen molar-refractivity contribution < 1.29 is 13.6 Å². The Morgan fingerprint density at radius 2 is 2.12 bits per heavy atom. The second-order valence-corrected chi connectivity index (χ2v) is 8.08. The quantitative estimate of drug-likeness (QED) is 0.583. The number of urea groups is 1. The molecule has 0 aromatic rings. The maximum Gasteiger partial charge on any atom is 0.412 e. The Balaban J connectivity index is 1.74. The van der Waals surface area contributed by atoms with E-state index in [0.717, 1.165) is 41.4 Å². The first kappa shape index (κ1) is 17.1. The van der Waals surface area contributed by atoms with Crippen molar-refractivity contribution in [2.24, 2.45) is 5.92 Å². The van der Waals surface area contributed by atoms with Gasteiger partial charge in [0.25, 0.3) is 0 Å². The first-order valence-electron chi connectivity index (χ1n) is 8.60. The summed E-state index contributed by atoms with van der Waals surface area (Å²) in [6, 6.07) is 0.796. The predicted molar refractivity (Wildman–Crippen MR) is 97.6 cm³/mol. The van der Waals surface area contributed by atoms with Crippen LogP contribution in [0.1, 0.15) is 46.5 Å². The van der Waals surface area contributed by atoms with E-state index in [9.17, 15) is 9.00 Å². The molecule has 1 unspecified atom stereocenters. The van der Waals surface area contributed by atoms with Gasteiger partial charge in [-0.15, -0.1) is 5.57 Å². The molecular weight excluding hydrogens is 320 g/mol. The first-order chi connectivity index (χ1) is 11.5. The largest absolute Gasteiger partial charge is 0.412 e. The fraction of sp³-hybridized carbons (Fsp3) is 0.474. The van der Waals surface area contributed by atoms with E-state index in [4.69, 9.17) is 0 Å². The number of hydrogen-bond donors (Lipinski definition) is 1. The molecule has 0 aromatic carbocycles. The summed E-state index contributed by atoms with van der Waals surface area (Å²) in [5.74, 6) is 0.497. The summed E-state index contributed by atoms with van der Waals surface area (Å²) in [6.07, 6.45) is 12.5. The summed E-state index contributed by atoms with van der Waals surface area (Å²) in [6.45, 7) is 6.07. The second-order valence-electron chi connectivity index (χ2n) is 6.87. The standard InChI is InChI=1S/C19H25N2O2S/c1-13-8-10-16(11-9-13)18-15(3)21(12-24(18)23)19(22)20-17-7-5-4-6-14(17)2/h8-12,14,17H,4-7H2,1-3H3,(H,20,22)/q-1/t14-,17-,24?/m1/s1. The Kier molecular flexibility index (Phi) is 4.99. The molecule has 3 rings (SSSR count). The van der Waals surface area contributed by atoms with Crippen LogP contribution in [0.2, 0.25) is 0 Å². The number of carbonyl (C=O) groups is 1. The molecule has 1 aliphatic heterocycles. The zero-order valence-corrected chi connectivity index (χ0v) is 15.4. The second kappa shape index (κ2) is 7.01. The van der Waals surface area contributed by atoms with Crippen LogP contribution in [-0.4, -0.2) is 26.4 Å². The third kappa shape index (κ3) is 3.36. The lowest BCUT2D eigenvalue weighted by molar-refractivity contribution is -0.395. The summed E-state index contributed by atoms with van der Waals surface area (Å²) in [7, 11) is -1.29. The zero-order valence-electron chi connectivity index (χ0n) is 14.5. The van der Waals surface area contributed by atoms with Crippen molar-refractivity contribution in [3.8, 4) is 0 Å². The van der Waals surface area contributed by atoms with Gasteiger partial charge in [-0.25, -0.2) is 5.57 Å². The summed E-state index contributed by atoms with van der Waals surface area (Å²) < 4.78 is 14.0. The van der Waals surface area contributed by atoms with Gasteiger partial charge < -0.3 is 0 Å². The van der Waals surface area contributed by atoms with Crippen LogP contribution < -0.4 is 5.32 Å². The molecule has 0 spiro atoms. The zero-order chi connectivity index (χ0) is 17.3. The van der Waals surface area contributed by atoms with Gasteiger partial charge in [0.05, 0.1) is 11.6 Å². The normalized spacial score (nSPS) is 33.0. The Labute approximate surface area is 146 Å². The number of nitrogens with zero attached hydrogens (tertiary/aromatic N) is 1. The summed E-state index contributed by atoms with van der Waals surface area (Å²) in [5.41, 5.74) is 3.59. The van der Waals surface area contributed by atoms with Gasteiger partial charge in [0.15, 0.2) is 0 Å². The molecule has 1 fully saturated rings. The highest BCUT2D eigenvalue weighted by atomic mass is 32.2. The Bertz CT molecular complexity index is 687. The summed E-state index contributed by atoms with van der Waals surface area (Å²) in [4.78, 5) is 13.4.